The zero-order valence-electron chi connectivity index (χ0n) is 15.1. The topological polar surface area (TPSA) is 65.1 Å². The Kier molecular flexibility index (Phi) is 5.01. The number of hydrogen-bond donors (Lipinski definition) is 1. The Labute approximate surface area is 148 Å². The van der Waals surface area contributed by atoms with Crippen LogP contribution in [-0.4, -0.2) is 72.1 Å². The van der Waals surface area contributed by atoms with Crippen LogP contribution < -0.4 is 10.1 Å². The Morgan fingerprint density at radius 3 is 2.60 bits per heavy atom. The molecule has 0 radical (unpaired) electrons. The van der Waals surface area contributed by atoms with E-state index in [1.807, 2.05) is 52.8 Å². The number of hydrogen-bond acceptors (Lipinski definition) is 3. The molecule has 1 N–H and O–H groups in total. The van der Waals surface area contributed by atoms with Gasteiger partial charge in [-0.15, -0.1) is 0 Å². The van der Waals surface area contributed by atoms with E-state index < -0.39 is 0 Å². The van der Waals surface area contributed by atoms with Crippen molar-refractivity contribution in [2.45, 2.75) is 32.5 Å². The van der Waals surface area contributed by atoms with Gasteiger partial charge in [0.2, 0.25) is 0 Å². The molecule has 1 atom stereocenters. The molecule has 2 heterocycles. The molecule has 1 aromatic rings. The number of methoxy groups -OCH3 is 1. The van der Waals surface area contributed by atoms with Crippen molar-refractivity contribution in [3.8, 4) is 5.75 Å². The second kappa shape index (κ2) is 7.21. The van der Waals surface area contributed by atoms with Crippen molar-refractivity contribution in [3.05, 3.63) is 29.8 Å². The van der Waals surface area contributed by atoms with Gasteiger partial charge < -0.3 is 24.8 Å². The average Bonchev–Trinajstić information content (AvgIpc) is 2.90. The quantitative estimate of drug-likeness (QED) is 0.903. The van der Waals surface area contributed by atoms with E-state index in [0.29, 0.717) is 32.7 Å². The molecule has 0 aromatic heterocycles. The zero-order chi connectivity index (χ0) is 18.0. The first-order valence-corrected chi connectivity index (χ1v) is 8.72. The van der Waals surface area contributed by atoms with E-state index in [1.54, 1.807) is 7.11 Å². The lowest BCUT2D eigenvalue weighted by Gasteiger charge is -2.36. The molecular weight excluding hydrogens is 320 g/mol. The number of urea groups is 2. The third kappa shape index (κ3) is 3.81. The van der Waals surface area contributed by atoms with Crippen LogP contribution in [-0.2, 0) is 6.54 Å². The van der Waals surface area contributed by atoms with Crippen LogP contribution in [0, 0.1) is 0 Å². The second-order valence-electron chi connectivity index (χ2n) is 6.91. The van der Waals surface area contributed by atoms with Crippen LogP contribution in [0.4, 0.5) is 9.59 Å². The van der Waals surface area contributed by atoms with Gasteiger partial charge in [0.15, 0.2) is 0 Å². The monoisotopic (exact) mass is 346 g/mol. The fourth-order valence-corrected chi connectivity index (χ4v) is 3.38. The summed E-state index contributed by atoms with van der Waals surface area (Å²) in [6, 6.07) is 7.96. The molecule has 4 amide bonds. The summed E-state index contributed by atoms with van der Waals surface area (Å²) in [5.74, 6) is 0.806. The number of piperazine rings is 1. The van der Waals surface area contributed by atoms with E-state index in [4.69, 9.17) is 4.74 Å². The van der Waals surface area contributed by atoms with Crippen molar-refractivity contribution in [2.75, 3.05) is 33.3 Å². The van der Waals surface area contributed by atoms with E-state index in [0.717, 1.165) is 11.3 Å². The zero-order valence-corrected chi connectivity index (χ0v) is 15.1. The maximum atomic E-state index is 12.6. The lowest BCUT2D eigenvalue weighted by Crippen LogP contribution is -2.56. The van der Waals surface area contributed by atoms with Crippen LogP contribution in [0.1, 0.15) is 19.4 Å². The third-order valence-electron chi connectivity index (χ3n) is 4.66. The van der Waals surface area contributed by atoms with Gasteiger partial charge >= 0.3 is 12.1 Å². The van der Waals surface area contributed by atoms with Crippen LogP contribution in [0.5, 0.6) is 5.75 Å². The Morgan fingerprint density at radius 1 is 1.24 bits per heavy atom. The van der Waals surface area contributed by atoms with Gasteiger partial charge in [0.1, 0.15) is 5.75 Å². The highest BCUT2D eigenvalue weighted by Crippen LogP contribution is 2.23. The molecule has 0 bridgehead atoms. The highest BCUT2D eigenvalue weighted by atomic mass is 16.5. The molecule has 2 saturated heterocycles. The predicted molar refractivity (Wildman–Crippen MR) is 94.5 cm³/mol. The number of nitrogens with zero attached hydrogens (tertiary/aromatic N) is 3. The van der Waals surface area contributed by atoms with Gasteiger partial charge in [-0.2, -0.15) is 0 Å². The van der Waals surface area contributed by atoms with Gasteiger partial charge in [-0.3, -0.25) is 0 Å². The Bertz CT molecular complexity index is 632. The normalized spacial score (nSPS) is 20.1. The number of amides is 4. The van der Waals surface area contributed by atoms with E-state index in [-0.39, 0.29) is 24.1 Å². The summed E-state index contributed by atoms with van der Waals surface area (Å²) in [6.45, 7) is 6.88. The van der Waals surface area contributed by atoms with Crippen molar-refractivity contribution >= 4 is 12.1 Å². The van der Waals surface area contributed by atoms with Crippen LogP contribution in [0.2, 0.25) is 0 Å². The van der Waals surface area contributed by atoms with Crippen molar-refractivity contribution in [3.63, 3.8) is 0 Å². The maximum absolute atomic E-state index is 12.6. The molecule has 2 fully saturated rings. The molecule has 136 valence electrons. The van der Waals surface area contributed by atoms with E-state index in [2.05, 4.69) is 5.32 Å². The van der Waals surface area contributed by atoms with Gasteiger partial charge in [0.05, 0.1) is 13.2 Å². The molecule has 0 spiro atoms. The largest absolute Gasteiger partial charge is 0.497 e. The van der Waals surface area contributed by atoms with Gasteiger partial charge in [0, 0.05) is 38.8 Å². The number of carbonyl (C=O) groups excluding carboxylic acids is 2. The van der Waals surface area contributed by atoms with Crippen molar-refractivity contribution in [1.29, 1.82) is 0 Å². The summed E-state index contributed by atoms with van der Waals surface area (Å²) < 4.78 is 5.17. The first kappa shape index (κ1) is 17.4. The van der Waals surface area contributed by atoms with Crippen molar-refractivity contribution < 1.29 is 14.3 Å². The summed E-state index contributed by atoms with van der Waals surface area (Å²) in [7, 11) is 1.64. The van der Waals surface area contributed by atoms with Crippen LogP contribution in [0.3, 0.4) is 0 Å². The van der Waals surface area contributed by atoms with Gasteiger partial charge in [-0.1, -0.05) is 12.1 Å². The molecule has 0 unspecified atom stereocenters. The average molecular weight is 346 g/mol. The van der Waals surface area contributed by atoms with Gasteiger partial charge in [-0.25, -0.2) is 9.59 Å². The molecule has 7 nitrogen and oxygen atoms in total. The third-order valence-corrected chi connectivity index (χ3v) is 4.66. The van der Waals surface area contributed by atoms with Crippen LogP contribution >= 0.6 is 0 Å². The fraction of sp³-hybridized carbons (Fsp3) is 0.556. The number of fused-ring (bicyclic) bond motifs is 1. The molecule has 3 rings (SSSR count). The molecule has 2 aliphatic rings. The summed E-state index contributed by atoms with van der Waals surface area (Å²) in [5, 5.41) is 2.92. The van der Waals surface area contributed by atoms with Crippen LogP contribution in [0.15, 0.2) is 24.3 Å². The highest BCUT2D eigenvalue weighted by Gasteiger charge is 2.41. The molecular formula is C18H26N4O3. The maximum Gasteiger partial charge on any atom is 0.320 e. The Balaban J connectivity index is 1.61. The number of benzene rings is 1. The number of carbonyl (C=O) groups is 2. The van der Waals surface area contributed by atoms with E-state index >= 15 is 0 Å². The standard InChI is InChI=1S/C18H26N4O3/c1-13(2)19-17(23)20-8-9-22-15(11-20)12-21(18(22)24)10-14-4-6-16(25-3)7-5-14/h4-7,13,15H,8-12H2,1-3H3,(H,19,23)/t15-/m1/s1. The van der Waals surface area contributed by atoms with Crippen LogP contribution in [0.25, 0.3) is 0 Å². The minimum Gasteiger partial charge on any atom is -0.497 e. The smallest absolute Gasteiger partial charge is 0.320 e. The van der Waals surface area contributed by atoms with Crippen molar-refractivity contribution in [2.24, 2.45) is 0 Å². The fourth-order valence-electron chi connectivity index (χ4n) is 3.38. The molecule has 0 aliphatic carbocycles. The molecule has 7 heteroatoms. The predicted octanol–water partition coefficient (Wildman–Crippen LogP) is 1.73. The Morgan fingerprint density at radius 2 is 1.96 bits per heavy atom. The second-order valence-corrected chi connectivity index (χ2v) is 6.91. The highest BCUT2D eigenvalue weighted by molar-refractivity contribution is 5.79. The number of rotatable bonds is 4. The summed E-state index contributed by atoms with van der Waals surface area (Å²) >= 11 is 0. The lowest BCUT2D eigenvalue weighted by atomic mass is 10.2. The minimum absolute atomic E-state index is 0.0456. The molecule has 2 aliphatic heterocycles. The first-order valence-electron chi connectivity index (χ1n) is 8.72. The summed E-state index contributed by atoms with van der Waals surface area (Å²) in [5.41, 5.74) is 1.07. The first-order chi connectivity index (χ1) is 12.0. The lowest BCUT2D eigenvalue weighted by molar-refractivity contribution is 0.128. The SMILES string of the molecule is COc1ccc(CN2C[C@H]3CN(C(=O)NC(C)C)CCN3C2=O)cc1. The number of nitrogens with one attached hydrogen (secondary N) is 1. The van der Waals surface area contributed by atoms with Gasteiger partial charge in [-0.05, 0) is 31.5 Å². The molecule has 0 saturated carbocycles. The van der Waals surface area contributed by atoms with E-state index in [1.165, 1.54) is 0 Å². The Hall–Kier alpha value is -2.44. The number of ether oxygens (including phenoxy) is 1. The van der Waals surface area contributed by atoms with E-state index in [9.17, 15) is 9.59 Å². The minimum atomic E-state index is -0.0456. The molecule has 25 heavy (non-hydrogen) atoms. The molecule has 1 aromatic carbocycles. The summed E-state index contributed by atoms with van der Waals surface area (Å²) in [6.07, 6.45) is 0. The van der Waals surface area contributed by atoms with Crippen molar-refractivity contribution in [1.82, 2.24) is 20.0 Å². The van der Waals surface area contributed by atoms with Gasteiger partial charge in [0.25, 0.3) is 0 Å². The summed E-state index contributed by atoms with van der Waals surface area (Å²) in [4.78, 5) is 30.4.